The summed E-state index contributed by atoms with van der Waals surface area (Å²) in [5, 5.41) is 10.2. The lowest BCUT2D eigenvalue weighted by molar-refractivity contribution is 0.00637. The first-order chi connectivity index (χ1) is 8.85. The first-order valence-electron chi connectivity index (χ1n) is 5.95. The Balaban J connectivity index is 2.09. The van der Waals surface area contributed by atoms with Crippen LogP contribution in [0.2, 0.25) is 0 Å². The van der Waals surface area contributed by atoms with E-state index in [1.165, 1.54) is 16.7 Å². The number of halogens is 1. The van der Waals surface area contributed by atoms with E-state index >= 15 is 0 Å². The molecule has 1 fully saturated rings. The summed E-state index contributed by atoms with van der Waals surface area (Å²) in [5.74, 6) is 0.427. The lowest BCUT2D eigenvalue weighted by Crippen LogP contribution is -2.45. The van der Waals surface area contributed by atoms with Crippen LogP contribution >= 0.6 is 27.7 Å². The largest absolute Gasteiger partial charge is 0.371 e. The predicted molar refractivity (Wildman–Crippen MR) is 79.9 cm³/mol. The second-order valence-corrected chi connectivity index (χ2v) is 6.88. The zero-order valence-electron chi connectivity index (χ0n) is 11.1. The maximum absolute atomic E-state index is 12.1. The average molecular weight is 345 g/mol. The van der Waals surface area contributed by atoms with Crippen molar-refractivity contribution < 1.29 is 9.90 Å². The van der Waals surface area contributed by atoms with Crippen molar-refractivity contribution in [3.05, 3.63) is 28.7 Å². The van der Waals surface area contributed by atoms with Crippen molar-refractivity contribution in [1.82, 2.24) is 9.80 Å². The number of hydrogen-bond donors (Lipinski definition) is 1. The summed E-state index contributed by atoms with van der Waals surface area (Å²) in [4.78, 5) is 16.2. The zero-order valence-corrected chi connectivity index (χ0v) is 13.5. The molecule has 0 radical (unpaired) electrons. The molecule has 1 N–H and O–H groups in total. The highest BCUT2D eigenvalue weighted by Gasteiger charge is 2.48. The first-order valence-corrected chi connectivity index (χ1v) is 7.73. The molecule has 0 aliphatic carbocycles. The van der Waals surface area contributed by atoms with Crippen LogP contribution in [0.1, 0.15) is 13.8 Å². The minimum Gasteiger partial charge on any atom is -0.371 e. The second-order valence-electron chi connectivity index (χ2n) is 5.04. The molecule has 2 amide bonds. The molecule has 0 bridgehead atoms. The smallest absolute Gasteiger partial charge is 0.323 e. The number of urea groups is 1. The summed E-state index contributed by atoms with van der Waals surface area (Å²) < 4.78 is 0.994. The van der Waals surface area contributed by atoms with E-state index in [-0.39, 0.29) is 6.03 Å². The maximum Gasteiger partial charge on any atom is 0.323 e. The van der Waals surface area contributed by atoms with Gasteiger partial charge in [-0.1, -0.05) is 12.1 Å². The standard InChI is InChI=1S/C13H17BrN2O2S/c1-13(2)11(17)16(12(18)15(13)3)8-19-10-7-5-4-6-9(10)14/h4-7,11,17H,8H2,1-3H3. The predicted octanol–water partition coefficient (Wildman–Crippen LogP) is 2.96. The molecule has 0 spiro atoms. The Morgan fingerprint density at radius 3 is 2.58 bits per heavy atom. The number of amides is 2. The number of benzene rings is 1. The Labute approximate surface area is 125 Å². The number of hydrogen-bond acceptors (Lipinski definition) is 3. The number of likely N-dealkylation sites (N-methyl/N-ethyl adjacent to an activating group) is 1. The molecule has 1 aliphatic heterocycles. The van der Waals surface area contributed by atoms with Gasteiger partial charge in [0.15, 0.2) is 6.23 Å². The highest BCUT2D eigenvalue weighted by Crippen LogP contribution is 2.34. The first kappa shape index (κ1) is 14.7. The number of aliphatic hydroxyl groups is 1. The number of carbonyl (C=O) groups is 1. The Kier molecular flexibility index (Phi) is 4.13. The minimum atomic E-state index is -0.792. The summed E-state index contributed by atoms with van der Waals surface area (Å²) >= 11 is 5.00. The van der Waals surface area contributed by atoms with Gasteiger partial charge in [-0.05, 0) is 41.9 Å². The van der Waals surface area contributed by atoms with E-state index in [9.17, 15) is 9.90 Å². The Bertz CT molecular complexity index is 495. The normalized spacial score (nSPS) is 22.2. The van der Waals surface area contributed by atoms with Crippen LogP contribution in [0.4, 0.5) is 4.79 Å². The maximum atomic E-state index is 12.1. The van der Waals surface area contributed by atoms with Crippen molar-refractivity contribution >= 4 is 33.7 Å². The third-order valence-corrected chi connectivity index (χ3v) is 5.55. The van der Waals surface area contributed by atoms with Gasteiger partial charge in [0.2, 0.25) is 0 Å². The lowest BCUT2D eigenvalue weighted by atomic mass is 10.0. The van der Waals surface area contributed by atoms with Crippen LogP contribution in [-0.2, 0) is 0 Å². The van der Waals surface area contributed by atoms with Crippen molar-refractivity contribution in [2.75, 3.05) is 12.9 Å². The molecular formula is C13H17BrN2O2S. The number of thioether (sulfide) groups is 1. The van der Waals surface area contributed by atoms with Crippen LogP contribution in [0, 0.1) is 0 Å². The van der Waals surface area contributed by atoms with Gasteiger partial charge in [0.05, 0.1) is 11.4 Å². The molecule has 1 atom stereocenters. The van der Waals surface area contributed by atoms with Gasteiger partial charge in [-0.2, -0.15) is 0 Å². The third-order valence-electron chi connectivity index (χ3n) is 3.52. The summed E-state index contributed by atoms with van der Waals surface area (Å²) in [6.45, 7) is 3.72. The van der Waals surface area contributed by atoms with Crippen molar-refractivity contribution in [3.63, 3.8) is 0 Å². The van der Waals surface area contributed by atoms with Gasteiger partial charge in [-0.15, -0.1) is 11.8 Å². The van der Waals surface area contributed by atoms with Crippen LogP contribution in [0.5, 0.6) is 0 Å². The van der Waals surface area contributed by atoms with Gasteiger partial charge in [0.25, 0.3) is 0 Å². The number of carbonyl (C=O) groups excluding carboxylic acids is 1. The van der Waals surface area contributed by atoms with E-state index in [1.54, 1.807) is 11.9 Å². The van der Waals surface area contributed by atoms with Crippen LogP contribution in [0.15, 0.2) is 33.6 Å². The fourth-order valence-electron chi connectivity index (χ4n) is 1.93. The number of nitrogens with zero attached hydrogens (tertiary/aromatic N) is 2. The Morgan fingerprint density at radius 1 is 1.42 bits per heavy atom. The van der Waals surface area contributed by atoms with Gasteiger partial charge >= 0.3 is 6.03 Å². The van der Waals surface area contributed by atoms with Gasteiger partial charge in [-0.3, -0.25) is 4.90 Å². The molecule has 104 valence electrons. The molecule has 1 aromatic carbocycles. The third kappa shape index (κ3) is 2.61. The zero-order chi connectivity index (χ0) is 14.2. The van der Waals surface area contributed by atoms with Crippen molar-refractivity contribution in [3.8, 4) is 0 Å². The monoisotopic (exact) mass is 344 g/mol. The minimum absolute atomic E-state index is 0.142. The molecule has 1 aliphatic rings. The average Bonchev–Trinajstić information content (AvgIpc) is 2.51. The summed E-state index contributed by atoms with van der Waals surface area (Å²) in [6.07, 6.45) is -0.792. The van der Waals surface area contributed by atoms with Gasteiger partial charge in [0, 0.05) is 16.4 Å². The van der Waals surface area contributed by atoms with Crippen molar-refractivity contribution in [2.45, 2.75) is 30.5 Å². The lowest BCUT2D eigenvalue weighted by Gasteiger charge is -2.29. The second kappa shape index (κ2) is 5.34. The molecule has 0 aromatic heterocycles. The SMILES string of the molecule is CN1C(=O)N(CSc2ccccc2Br)C(O)C1(C)C. The van der Waals surface area contributed by atoms with Crippen LogP contribution in [0.25, 0.3) is 0 Å². The Hall–Kier alpha value is -0.720. The summed E-state index contributed by atoms with van der Waals surface area (Å²) in [6, 6.07) is 7.70. The van der Waals surface area contributed by atoms with Crippen LogP contribution in [-0.4, -0.2) is 45.6 Å². The number of rotatable bonds is 3. The molecule has 19 heavy (non-hydrogen) atoms. The fraction of sp³-hybridized carbons (Fsp3) is 0.462. The van der Waals surface area contributed by atoms with E-state index in [1.807, 2.05) is 38.1 Å². The van der Waals surface area contributed by atoms with Crippen LogP contribution < -0.4 is 0 Å². The Morgan fingerprint density at radius 2 is 2.05 bits per heavy atom. The van der Waals surface area contributed by atoms with Crippen molar-refractivity contribution in [1.29, 1.82) is 0 Å². The van der Waals surface area contributed by atoms with E-state index in [2.05, 4.69) is 15.9 Å². The van der Waals surface area contributed by atoms with Crippen LogP contribution in [0.3, 0.4) is 0 Å². The van der Waals surface area contributed by atoms with E-state index < -0.39 is 11.8 Å². The topological polar surface area (TPSA) is 43.8 Å². The molecule has 6 heteroatoms. The molecule has 4 nitrogen and oxygen atoms in total. The number of aliphatic hydroxyl groups excluding tert-OH is 1. The quantitative estimate of drug-likeness (QED) is 0.857. The van der Waals surface area contributed by atoms with Gasteiger partial charge < -0.3 is 10.0 Å². The van der Waals surface area contributed by atoms with E-state index in [0.717, 1.165) is 9.37 Å². The van der Waals surface area contributed by atoms with E-state index in [4.69, 9.17) is 0 Å². The molecule has 2 rings (SSSR count). The highest BCUT2D eigenvalue weighted by atomic mass is 79.9. The molecular weight excluding hydrogens is 328 g/mol. The molecule has 1 aromatic rings. The highest BCUT2D eigenvalue weighted by molar-refractivity contribution is 9.10. The van der Waals surface area contributed by atoms with Gasteiger partial charge in [-0.25, -0.2) is 4.79 Å². The van der Waals surface area contributed by atoms with Gasteiger partial charge in [0.1, 0.15) is 0 Å². The fourth-order valence-corrected chi connectivity index (χ4v) is 3.46. The van der Waals surface area contributed by atoms with Crippen molar-refractivity contribution in [2.24, 2.45) is 0 Å². The summed E-state index contributed by atoms with van der Waals surface area (Å²) in [7, 11) is 1.72. The van der Waals surface area contributed by atoms with E-state index in [0.29, 0.717) is 5.88 Å². The summed E-state index contributed by atoms with van der Waals surface area (Å²) in [5.41, 5.74) is -0.564. The molecule has 1 heterocycles. The molecule has 1 saturated heterocycles. The molecule has 0 saturated carbocycles. The molecule has 1 unspecified atom stereocenters.